The molecule has 2 nitrogen and oxygen atoms in total. The highest BCUT2D eigenvalue weighted by atomic mass is 35.5. The van der Waals surface area contributed by atoms with Gasteiger partial charge >= 0.3 is 0 Å². The zero-order chi connectivity index (χ0) is 12.5. The maximum Gasteiger partial charge on any atom is 0.133 e. The smallest absolute Gasteiger partial charge is 0.133 e. The Kier molecular flexibility index (Phi) is 2.73. The summed E-state index contributed by atoms with van der Waals surface area (Å²) >= 11 is 5.97. The Bertz CT molecular complexity index is 702. The number of nitrogens with zero attached hydrogens (tertiary/aromatic N) is 2. The van der Waals surface area contributed by atoms with Crippen LogP contribution in [0, 0.1) is 6.92 Å². The molecule has 18 heavy (non-hydrogen) atoms. The Labute approximate surface area is 110 Å². The number of hydrogen-bond acceptors (Lipinski definition) is 2. The molecule has 3 aromatic rings. The van der Waals surface area contributed by atoms with Gasteiger partial charge in [0.1, 0.15) is 11.0 Å². The molecule has 2 aromatic carbocycles. The molecular formula is C15H11ClN2. The molecule has 0 saturated heterocycles. The number of aromatic nitrogens is 2. The van der Waals surface area contributed by atoms with Gasteiger partial charge in [-0.1, -0.05) is 48.0 Å². The van der Waals surface area contributed by atoms with E-state index in [-0.39, 0.29) is 0 Å². The fraction of sp³-hybridized carbons (Fsp3) is 0.0667. The van der Waals surface area contributed by atoms with E-state index in [4.69, 9.17) is 11.6 Å². The third-order valence-corrected chi connectivity index (χ3v) is 3.05. The third-order valence-electron chi connectivity index (χ3n) is 2.85. The predicted molar refractivity (Wildman–Crippen MR) is 74.7 cm³/mol. The number of hydrogen-bond donors (Lipinski definition) is 0. The van der Waals surface area contributed by atoms with Crippen LogP contribution in [0.5, 0.6) is 0 Å². The summed E-state index contributed by atoms with van der Waals surface area (Å²) < 4.78 is 0. The van der Waals surface area contributed by atoms with Gasteiger partial charge < -0.3 is 0 Å². The summed E-state index contributed by atoms with van der Waals surface area (Å²) in [6.45, 7) is 1.84. The van der Waals surface area contributed by atoms with Crippen LogP contribution in [-0.4, -0.2) is 9.97 Å². The van der Waals surface area contributed by atoms with Crippen LogP contribution >= 0.6 is 11.6 Å². The van der Waals surface area contributed by atoms with Crippen molar-refractivity contribution in [1.82, 2.24) is 9.97 Å². The topological polar surface area (TPSA) is 25.8 Å². The molecule has 1 aromatic heterocycles. The molecule has 0 fully saturated rings. The zero-order valence-corrected chi connectivity index (χ0v) is 10.6. The summed E-state index contributed by atoms with van der Waals surface area (Å²) in [7, 11) is 0. The van der Waals surface area contributed by atoms with Gasteiger partial charge in [0.05, 0.1) is 5.69 Å². The van der Waals surface area contributed by atoms with E-state index in [1.807, 2.05) is 19.1 Å². The zero-order valence-electron chi connectivity index (χ0n) is 9.89. The summed E-state index contributed by atoms with van der Waals surface area (Å²) in [5.74, 6) is 0.686. The molecule has 3 rings (SSSR count). The van der Waals surface area contributed by atoms with Crippen molar-refractivity contribution >= 4 is 22.4 Å². The minimum Gasteiger partial charge on any atom is -0.233 e. The van der Waals surface area contributed by atoms with Crippen LogP contribution in [0.3, 0.4) is 0 Å². The molecule has 0 aliphatic heterocycles. The first-order valence-electron chi connectivity index (χ1n) is 5.73. The van der Waals surface area contributed by atoms with Crippen LogP contribution in [0.1, 0.15) is 5.82 Å². The van der Waals surface area contributed by atoms with Crippen LogP contribution in [-0.2, 0) is 0 Å². The molecule has 88 valence electrons. The van der Waals surface area contributed by atoms with Gasteiger partial charge in [-0.25, -0.2) is 9.97 Å². The lowest BCUT2D eigenvalue weighted by molar-refractivity contribution is 1.06. The molecule has 1 heterocycles. The predicted octanol–water partition coefficient (Wildman–Crippen LogP) is 4.26. The fourth-order valence-electron chi connectivity index (χ4n) is 2.03. The summed E-state index contributed by atoms with van der Waals surface area (Å²) in [6.07, 6.45) is 0. The maximum absolute atomic E-state index is 5.97. The Balaban J connectivity index is 2.19. The van der Waals surface area contributed by atoms with Gasteiger partial charge in [0.25, 0.3) is 0 Å². The van der Waals surface area contributed by atoms with E-state index in [0.29, 0.717) is 11.0 Å². The minimum absolute atomic E-state index is 0.477. The summed E-state index contributed by atoms with van der Waals surface area (Å²) in [4.78, 5) is 8.49. The van der Waals surface area contributed by atoms with Gasteiger partial charge in [0.2, 0.25) is 0 Å². The van der Waals surface area contributed by atoms with E-state index in [1.54, 1.807) is 6.07 Å². The van der Waals surface area contributed by atoms with Crippen molar-refractivity contribution in [2.24, 2.45) is 0 Å². The van der Waals surface area contributed by atoms with Gasteiger partial charge in [-0.2, -0.15) is 0 Å². The highest BCUT2D eigenvalue weighted by Crippen LogP contribution is 2.24. The third kappa shape index (κ3) is 2.07. The second-order valence-electron chi connectivity index (χ2n) is 4.19. The van der Waals surface area contributed by atoms with Crippen molar-refractivity contribution < 1.29 is 0 Å². The van der Waals surface area contributed by atoms with Gasteiger partial charge in [-0.05, 0) is 23.8 Å². The van der Waals surface area contributed by atoms with Crippen molar-refractivity contribution in [3.63, 3.8) is 0 Å². The van der Waals surface area contributed by atoms with Crippen molar-refractivity contribution in [2.75, 3.05) is 0 Å². The number of benzene rings is 2. The van der Waals surface area contributed by atoms with Gasteiger partial charge in [-0.15, -0.1) is 0 Å². The fourth-order valence-corrected chi connectivity index (χ4v) is 2.25. The molecule has 0 unspecified atom stereocenters. The quantitative estimate of drug-likeness (QED) is 0.607. The Hall–Kier alpha value is -1.93. The molecule has 0 radical (unpaired) electrons. The molecule has 0 N–H and O–H groups in total. The van der Waals surface area contributed by atoms with E-state index in [9.17, 15) is 0 Å². The van der Waals surface area contributed by atoms with Crippen LogP contribution in [0.4, 0.5) is 0 Å². The molecule has 0 spiro atoms. The molecule has 0 atom stereocenters. The first kappa shape index (κ1) is 11.2. The largest absolute Gasteiger partial charge is 0.233 e. The molecule has 0 bridgehead atoms. The van der Waals surface area contributed by atoms with Gasteiger partial charge in [0.15, 0.2) is 0 Å². The van der Waals surface area contributed by atoms with E-state index in [1.165, 1.54) is 10.8 Å². The first-order valence-corrected chi connectivity index (χ1v) is 6.10. The number of aryl methyl sites for hydroxylation is 1. The average Bonchev–Trinajstić information content (AvgIpc) is 2.37. The van der Waals surface area contributed by atoms with Gasteiger partial charge in [0, 0.05) is 11.6 Å². The van der Waals surface area contributed by atoms with Gasteiger partial charge in [-0.3, -0.25) is 0 Å². The summed E-state index contributed by atoms with van der Waals surface area (Å²) in [5, 5.41) is 2.89. The highest BCUT2D eigenvalue weighted by Gasteiger charge is 2.04. The lowest BCUT2D eigenvalue weighted by atomic mass is 10.1. The minimum atomic E-state index is 0.477. The monoisotopic (exact) mass is 254 g/mol. The van der Waals surface area contributed by atoms with Crippen molar-refractivity contribution in [1.29, 1.82) is 0 Å². The van der Waals surface area contributed by atoms with E-state index < -0.39 is 0 Å². The second kappa shape index (κ2) is 4.39. The van der Waals surface area contributed by atoms with E-state index >= 15 is 0 Å². The Morgan fingerprint density at radius 1 is 0.889 bits per heavy atom. The molecule has 3 heteroatoms. The van der Waals surface area contributed by atoms with E-state index in [0.717, 1.165) is 11.3 Å². The normalized spacial score (nSPS) is 10.8. The van der Waals surface area contributed by atoms with Crippen molar-refractivity contribution in [2.45, 2.75) is 6.92 Å². The first-order chi connectivity index (χ1) is 8.72. The molecule has 0 saturated carbocycles. The second-order valence-corrected chi connectivity index (χ2v) is 4.57. The van der Waals surface area contributed by atoms with E-state index in [2.05, 4.69) is 40.3 Å². The Morgan fingerprint density at radius 3 is 2.44 bits per heavy atom. The molecule has 0 aliphatic rings. The number of rotatable bonds is 1. The SMILES string of the molecule is Cc1nc(Cl)cc(-c2ccc3ccccc3c2)n1. The van der Waals surface area contributed by atoms with Crippen LogP contribution in [0.25, 0.3) is 22.0 Å². The molecule has 0 amide bonds. The highest BCUT2D eigenvalue weighted by molar-refractivity contribution is 6.29. The van der Waals surface area contributed by atoms with Crippen molar-refractivity contribution in [3.05, 3.63) is 59.5 Å². The van der Waals surface area contributed by atoms with Crippen LogP contribution in [0.2, 0.25) is 5.15 Å². The lowest BCUT2D eigenvalue weighted by Gasteiger charge is -2.04. The molecular weight excluding hydrogens is 244 g/mol. The van der Waals surface area contributed by atoms with Crippen molar-refractivity contribution in [3.8, 4) is 11.3 Å². The maximum atomic E-state index is 5.97. The standard InChI is InChI=1S/C15H11ClN2/c1-10-17-14(9-15(16)18-10)13-7-6-11-4-2-3-5-12(11)8-13/h2-9H,1H3. The summed E-state index contributed by atoms with van der Waals surface area (Å²) in [6, 6.07) is 16.3. The Morgan fingerprint density at radius 2 is 1.67 bits per heavy atom. The molecule has 0 aliphatic carbocycles. The van der Waals surface area contributed by atoms with Crippen LogP contribution < -0.4 is 0 Å². The summed E-state index contributed by atoms with van der Waals surface area (Å²) in [5.41, 5.74) is 1.92. The number of halogens is 1. The lowest BCUT2D eigenvalue weighted by Crippen LogP contribution is -1.91. The van der Waals surface area contributed by atoms with Crippen LogP contribution in [0.15, 0.2) is 48.5 Å². The number of fused-ring (bicyclic) bond motifs is 1. The average molecular weight is 255 g/mol.